The second-order valence-corrected chi connectivity index (χ2v) is 4.53. The van der Waals surface area contributed by atoms with Crippen LogP contribution >= 0.6 is 11.6 Å². The zero-order valence-corrected chi connectivity index (χ0v) is 10.4. The van der Waals surface area contributed by atoms with E-state index in [4.69, 9.17) is 21.1 Å². The van der Waals surface area contributed by atoms with Crippen LogP contribution in [-0.2, 0) is 5.60 Å². The summed E-state index contributed by atoms with van der Waals surface area (Å²) in [6.45, 7) is 1.89. The summed E-state index contributed by atoms with van der Waals surface area (Å²) < 4.78 is 10.5. The summed E-state index contributed by atoms with van der Waals surface area (Å²) in [6.07, 6.45) is 1.44. The highest BCUT2D eigenvalue weighted by Gasteiger charge is 2.47. The molecule has 2 rings (SSSR count). The van der Waals surface area contributed by atoms with Gasteiger partial charge in [-0.1, -0.05) is 11.6 Å². The van der Waals surface area contributed by atoms with E-state index in [2.05, 4.69) is 0 Å². The molecule has 1 aliphatic rings. The Labute approximate surface area is 99.9 Å². The van der Waals surface area contributed by atoms with E-state index in [1.807, 2.05) is 13.0 Å². The maximum absolute atomic E-state index is 10.2. The normalized spacial score (nSPS) is 17.1. The molecule has 1 N–H and O–H groups in total. The van der Waals surface area contributed by atoms with Gasteiger partial charge in [0, 0.05) is 5.56 Å². The molecular weight excluding hydrogens is 228 g/mol. The van der Waals surface area contributed by atoms with Crippen LogP contribution in [0.3, 0.4) is 0 Å². The minimum absolute atomic E-state index is 0.540. The van der Waals surface area contributed by atoms with Crippen molar-refractivity contribution in [1.82, 2.24) is 0 Å². The summed E-state index contributed by atoms with van der Waals surface area (Å²) in [6, 6.07) is 1.82. The number of halogens is 1. The molecule has 1 fully saturated rings. The number of hydrogen-bond acceptors (Lipinski definition) is 3. The smallest absolute Gasteiger partial charge is 0.168 e. The second kappa shape index (κ2) is 3.82. The lowest BCUT2D eigenvalue weighted by Crippen LogP contribution is -2.09. The first-order valence-electron chi connectivity index (χ1n) is 5.17. The Morgan fingerprint density at radius 1 is 1.31 bits per heavy atom. The molecule has 0 atom stereocenters. The quantitative estimate of drug-likeness (QED) is 0.886. The van der Waals surface area contributed by atoms with Gasteiger partial charge in [0.2, 0.25) is 0 Å². The lowest BCUT2D eigenvalue weighted by Gasteiger charge is -2.19. The first-order chi connectivity index (χ1) is 7.53. The lowest BCUT2D eigenvalue weighted by molar-refractivity contribution is 0.146. The highest BCUT2D eigenvalue weighted by Crippen LogP contribution is 2.54. The number of aryl methyl sites for hydroxylation is 1. The van der Waals surface area contributed by atoms with E-state index < -0.39 is 5.60 Å². The van der Waals surface area contributed by atoms with Crippen LogP contribution in [0.1, 0.15) is 24.0 Å². The average Bonchev–Trinajstić information content (AvgIpc) is 3.00. The summed E-state index contributed by atoms with van der Waals surface area (Å²) >= 11 is 6.24. The van der Waals surface area contributed by atoms with E-state index >= 15 is 0 Å². The van der Waals surface area contributed by atoms with Gasteiger partial charge >= 0.3 is 0 Å². The first kappa shape index (κ1) is 11.6. The molecule has 1 aromatic carbocycles. The van der Waals surface area contributed by atoms with Crippen LogP contribution in [-0.4, -0.2) is 19.3 Å². The van der Waals surface area contributed by atoms with Gasteiger partial charge in [-0.25, -0.2) is 0 Å². The average molecular weight is 243 g/mol. The first-order valence-corrected chi connectivity index (χ1v) is 5.55. The van der Waals surface area contributed by atoms with E-state index in [1.54, 1.807) is 14.2 Å². The standard InChI is InChI=1S/C12H15ClO3/c1-7-6-8(15-2)11(16-3)9(10(7)13)12(14)4-5-12/h6,14H,4-5H2,1-3H3. The highest BCUT2D eigenvalue weighted by molar-refractivity contribution is 6.32. The molecule has 0 spiro atoms. The molecule has 88 valence electrons. The number of methoxy groups -OCH3 is 2. The number of ether oxygens (including phenoxy) is 2. The monoisotopic (exact) mass is 242 g/mol. The van der Waals surface area contributed by atoms with Crippen LogP contribution in [0.2, 0.25) is 5.02 Å². The highest BCUT2D eigenvalue weighted by atomic mass is 35.5. The van der Waals surface area contributed by atoms with Gasteiger partial charge in [-0.2, -0.15) is 0 Å². The van der Waals surface area contributed by atoms with Crippen LogP contribution in [0, 0.1) is 6.92 Å². The van der Waals surface area contributed by atoms with Crippen molar-refractivity contribution in [3.63, 3.8) is 0 Å². The Bertz CT molecular complexity index is 425. The Morgan fingerprint density at radius 3 is 2.38 bits per heavy atom. The third-order valence-corrected chi connectivity index (χ3v) is 3.46. The van der Waals surface area contributed by atoms with E-state index in [-0.39, 0.29) is 0 Å². The molecule has 1 aliphatic carbocycles. The molecule has 1 aromatic rings. The van der Waals surface area contributed by atoms with Crippen molar-refractivity contribution in [3.8, 4) is 11.5 Å². The van der Waals surface area contributed by atoms with E-state index in [9.17, 15) is 5.11 Å². The third-order valence-electron chi connectivity index (χ3n) is 2.98. The van der Waals surface area contributed by atoms with Crippen molar-refractivity contribution in [3.05, 3.63) is 22.2 Å². The van der Waals surface area contributed by atoms with Crippen molar-refractivity contribution >= 4 is 11.6 Å². The fourth-order valence-corrected chi connectivity index (χ4v) is 2.20. The number of hydrogen-bond donors (Lipinski definition) is 1. The zero-order chi connectivity index (χ0) is 11.9. The molecule has 0 heterocycles. The summed E-state index contributed by atoms with van der Waals surface area (Å²) in [5.41, 5.74) is 0.713. The predicted molar refractivity (Wildman–Crippen MR) is 62.4 cm³/mol. The SMILES string of the molecule is COc1cc(C)c(Cl)c(C2(O)CC2)c1OC. The maximum atomic E-state index is 10.2. The molecule has 3 nitrogen and oxygen atoms in total. The molecule has 16 heavy (non-hydrogen) atoms. The van der Waals surface area contributed by atoms with Crippen molar-refractivity contribution in [1.29, 1.82) is 0 Å². The molecule has 0 unspecified atom stereocenters. The fourth-order valence-electron chi connectivity index (χ4n) is 1.88. The molecule has 0 bridgehead atoms. The zero-order valence-electron chi connectivity index (χ0n) is 9.63. The van der Waals surface area contributed by atoms with Gasteiger partial charge in [0.1, 0.15) is 0 Å². The lowest BCUT2D eigenvalue weighted by atomic mass is 10.0. The molecule has 0 aromatic heterocycles. The van der Waals surface area contributed by atoms with Crippen molar-refractivity contribution in [2.45, 2.75) is 25.4 Å². The van der Waals surface area contributed by atoms with Gasteiger partial charge in [0.05, 0.1) is 24.8 Å². The third kappa shape index (κ3) is 1.64. The van der Waals surface area contributed by atoms with Crippen LogP contribution in [0.15, 0.2) is 6.07 Å². The Balaban J connectivity index is 2.67. The van der Waals surface area contributed by atoms with Crippen LogP contribution in [0.5, 0.6) is 11.5 Å². The minimum atomic E-state index is -0.832. The van der Waals surface area contributed by atoms with Crippen LogP contribution in [0.25, 0.3) is 0 Å². The van der Waals surface area contributed by atoms with Crippen molar-refractivity contribution < 1.29 is 14.6 Å². The molecule has 0 aliphatic heterocycles. The summed E-state index contributed by atoms with van der Waals surface area (Å²) in [7, 11) is 3.13. The number of rotatable bonds is 3. The van der Waals surface area contributed by atoms with Gasteiger partial charge in [-0.15, -0.1) is 0 Å². The fraction of sp³-hybridized carbons (Fsp3) is 0.500. The largest absolute Gasteiger partial charge is 0.493 e. The van der Waals surface area contributed by atoms with E-state index in [1.165, 1.54) is 0 Å². The molecule has 4 heteroatoms. The Kier molecular flexibility index (Phi) is 2.76. The van der Waals surface area contributed by atoms with Gasteiger partial charge < -0.3 is 14.6 Å². The van der Waals surface area contributed by atoms with Crippen LogP contribution in [0.4, 0.5) is 0 Å². The minimum Gasteiger partial charge on any atom is -0.493 e. The molecule has 0 amide bonds. The Morgan fingerprint density at radius 2 is 1.94 bits per heavy atom. The van der Waals surface area contributed by atoms with Gasteiger partial charge in [0.15, 0.2) is 11.5 Å². The predicted octanol–water partition coefficient (Wildman–Crippen LogP) is 2.65. The molecular formula is C12H15ClO3. The maximum Gasteiger partial charge on any atom is 0.168 e. The molecule has 0 radical (unpaired) electrons. The summed E-state index contributed by atoms with van der Waals surface area (Å²) in [5.74, 6) is 1.15. The second-order valence-electron chi connectivity index (χ2n) is 4.15. The van der Waals surface area contributed by atoms with Gasteiger partial charge in [-0.3, -0.25) is 0 Å². The van der Waals surface area contributed by atoms with Gasteiger partial charge in [0.25, 0.3) is 0 Å². The number of aliphatic hydroxyl groups is 1. The summed E-state index contributed by atoms with van der Waals surface area (Å²) in [4.78, 5) is 0. The number of benzene rings is 1. The van der Waals surface area contributed by atoms with E-state index in [0.29, 0.717) is 22.1 Å². The molecule has 0 saturated heterocycles. The Hall–Kier alpha value is -0.930. The van der Waals surface area contributed by atoms with Gasteiger partial charge in [-0.05, 0) is 31.4 Å². The topological polar surface area (TPSA) is 38.7 Å². The van der Waals surface area contributed by atoms with E-state index in [0.717, 1.165) is 18.4 Å². The van der Waals surface area contributed by atoms with Crippen LogP contribution < -0.4 is 9.47 Å². The summed E-state index contributed by atoms with van der Waals surface area (Å²) in [5, 5.41) is 10.8. The molecule has 1 saturated carbocycles. The van der Waals surface area contributed by atoms with Crippen molar-refractivity contribution in [2.24, 2.45) is 0 Å². The van der Waals surface area contributed by atoms with Crippen molar-refractivity contribution in [2.75, 3.05) is 14.2 Å².